The summed E-state index contributed by atoms with van der Waals surface area (Å²) >= 11 is 1.16. The molecule has 1 rings (SSSR count). The second-order valence-corrected chi connectivity index (χ2v) is 3.93. The van der Waals surface area contributed by atoms with Crippen LogP contribution >= 0.6 is 11.8 Å². The second-order valence-electron chi connectivity index (χ2n) is 3.11. The van der Waals surface area contributed by atoms with Gasteiger partial charge in [-0.1, -0.05) is 0 Å². The van der Waals surface area contributed by atoms with E-state index in [9.17, 15) is 9.18 Å². The van der Waals surface area contributed by atoms with Crippen LogP contribution < -0.4 is 4.74 Å². The first-order chi connectivity index (χ1) is 8.15. The Bertz CT molecular complexity index is 407. The first kappa shape index (κ1) is 13.8. The Balaban J connectivity index is 3.16. The highest BCUT2D eigenvalue weighted by Gasteiger charge is 2.19. The lowest BCUT2D eigenvalue weighted by Crippen LogP contribution is -2.08. The molecule has 0 aliphatic rings. The molecule has 1 aromatic rings. The van der Waals surface area contributed by atoms with Gasteiger partial charge in [-0.2, -0.15) is 0 Å². The highest BCUT2D eigenvalue weighted by Crippen LogP contribution is 2.31. The van der Waals surface area contributed by atoms with Crippen molar-refractivity contribution in [3.8, 4) is 5.75 Å². The minimum atomic E-state index is -0.515. The number of thioether (sulfide) groups is 1. The number of carbonyl (C=O) groups excluding carboxylic acids is 1. The number of rotatable bonds is 5. The molecule has 0 heterocycles. The van der Waals surface area contributed by atoms with E-state index in [0.29, 0.717) is 6.61 Å². The number of ether oxygens (including phenoxy) is 2. The summed E-state index contributed by atoms with van der Waals surface area (Å²) in [5.74, 6) is -0.867. The molecule has 17 heavy (non-hydrogen) atoms. The minimum Gasteiger partial charge on any atom is -0.491 e. The summed E-state index contributed by atoms with van der Waals surface area (Å²) in [5.41, 5.74) is 0.236. The number of esters is 1. The largest absolute Gasteiger partial charge is 0.491 e. The van der Waals surface area contributed by atoms with Crippen LogP contribution in [0.5, 0.6) is 5.75 Å². The average molecular weight is 258 g/mol. The van der Waals surface area contributed by atoms with Gasteiger partial charge in [0.25, 0.3) is 0 Å². The lowest BCUT2D eigenvalue weighted by molar-refractivity contribution is 0.0521. The van der Waals surface area contributed by atoms with Crippen molar-refractivity contribution in [1.29, 1.82) is 0 Å². The number of carbonyl (C=O) groups is 1. The summed E-state index contributed by atoms with van der Waals surface area (Å²) in [4.78, 5) is 11.9. The monoisotopic (exact) mass is 258 g/mol. The van der Waals surface area contributed by atoms with Crippen molar-refractivity contribution in [3.63, 3.8) is 0 Å². The molecular weight excluding hydrogens is 243 g/mol. The van der Waals surface area contributed by atoms with Gasteiger partial charge in [0.1, 0.15) is 0 Å². The van der Waals surface area contributed by atoms with Crippen molar-refractivity contribution < 1.29 is 18.7 Å². The van der Waals surface area contributed by atoms with E-state index >= 15 is 0 Å². The Hall–Kier alpha value is -1.23. The molecular formula is C12H15FO3S. The van der Waals surface area contributed by atoms with Gasteiger partial charge < -0.3 is 9.47 Å². The van der Waals surface area contributed by atoms with Crippen molar-refractivity contribution in [3.05, 3.63) is 23.5 Å². The van der Waals surface area contributed by atoms with Gasteiger partial charge >= 0.3 is 5.97 Å². The molecule has 0 radical (unpaired) electrons. The molecule has 5 heteroatoms. The van der Waals surface area contributed by atoms with Crippen LogP contribution in [-0.2, 0) is 4.74 Å². The maximum Gasteiger partial charge on any atom is 0.339 e. The maximum atomic E-state index is 14.0. The first-order valence-electron chi connectivity index (χ1n) is 5.32. The van der Waals surface area contributed by atoms with Crippen molar-refractivity contribution in [2.75, 3.05) is 19.5 Å². The van der Waals surface area contributed by atoms with Gasteiger partial charge in [-0.15, -0.1) is 11.8 Å². The topological polar surface area (TPSA) is 35.5 Å². The molecule has 3 nitrogen and oxygen atoms in total. The number of halogens is 1. The molecule has 0 amide bonds. The van der Waals surface area contributed by atoms with Gasteiger partial charge in [-0.05, 0) is 32.2 Å². The van der Waals surface area contributed by atoms with Gasteiger partial charge in [0, 0.05) is 0 Å². The molecule has 0 aliphatic heterocycles. The van der Waals surface area contributed by atoms with Crippen LogP contribution in [0.1, 0.15) is 24.2 Å². The summed E-state index contributed by atoms with van der Waals surface area (Å²) < 4.78 is 24.0. The summed E-state index contributed by atoms with van der Waals surface area (Å²) in [6, 6.07) is 2.97. The van der Waals surface area contributed by atoms with Crippen molar-refractivity contribution in [2.24, 2.45) is 0 Å². The predicted molar refractivity (Wildman–Crippen MR) is 65.3 cm³/mol. The van der Waals surface area contributed by atoms with Crippen LogP contribution in [-0.4, -0.2) is 25.4 Å². The third kappa shape index (κ3) is 3.12. The normalized spacial score (nSPS) is 10.1. The van der Waals surface area contributed by atoms with Crippen LogP contribution in [0.3, 0.4) is 0 Å². The van der Waals surface area contributed by atoms with Crippen LogP contribution in [0.25, 0.3) is 0 Å². The molecule has 0 aliphatic carbocycles. The molecule has 0 saturated heterocycles. The average Bonchev–Trinajstić information content (AvgIpc) is 2.32. The number of benzene rings is 1. The van der Waals surface area contributed by atoms with E-state index in [2.05, 4.69) is 0 Å². The third-order valence-electron chi connectivity index (χ3n) is 2.06. The standard InChI is InChI=1S/C12H15FO3S/c1-4-15-9-7-6-8(12(14)16-5-2)11(17-3)10(9)13/h6-7H,4-5H2,1-3H3. The second kappa shape index (κ2) is 6.49. The zero-order chi connectivity index (χ0) is 12.8. The van der Waals surface area contributed by atoms with Crippen LogP contribution in [0, 0.1) is 5.82 Å². The van der Waals surface area contributed by atoms with Crippen LogP contribution in [0.2, 0.25) is 0 Å². The molecule has 0 unspecified atom stereocenters. The smallest absolute Gasteiger partial charge is 0.339 e. The maximum absolute atomic E-state index is 14.0. The highest BCUT2D eigenvalue weighted by molar-refractivity contribution is 7.98. The highest BCUT2D eigenvalue weighted by atomic mass is 32.2. The number of hydrogen-bond acceptors (Lipinski definition) is 4. The SMILES string of the molecule is CCOC(=O)c1ccc(OCC)c(F)c1SC. The molecule has 0 spiro atoms. The molecule has 1 aromatic carbocycles. The van der Waals surface area contributed by atoms with Crippen molar-refractivity contribution in [1.82, 2.24) is 0 Å². The predicted octanol–water partition coefficient (Wildman–Crippen LogP) is 3.12. The zero-order valence-corrected chi connectivity index (χ0v) is 10.9. The molecule has 0 N–H and O–H groups in total. The third-order valence-corrected chi connectivity index (χ3v) is 2.87. The molecule has 94 valence electrons. The van der Waals surface area contributed by atoms with Crippen molar-refractivity contribution >= 4 is 17.7 Å². The fraction of sp³-hybridized carbons (Fsp3) is 0.417. The lowest BCUT2D eigenvalue weighted by Gasteiger charge is -2.11. The fourth-order valence-corrected chi connectivity index (χ4v) is 2.03. The molecule has 0 saturated carbocycles. The Morgan fingerprint density at radius 2 is 2.06 bits per heavy atom. The summed E-state index contributed by atoms with van der Waals surface area (Å²) in [6.07, 6.45) is 1.71. The van der Waals surface area contributed by atoms with Gasteiger partial charge in [0.15, 0.2) is 11.6 Å². The lowest BCUT2D eigenvalue weighted by atomic mass is 10.2. The first-order valence-corrected chi connectivity index (χ1v) is 6.54. The Morgan fingerprint density at radius 1 is 1.35 bits per heavy atom. The molecule has 0 aromatic heterocycles. The Morgan fingerprint density at radius 3 is 2.59 bits per heavy atom. The quantitative estimate of drug-likeness (QED) is 0.600. The molecule has 0 fully saturated rings. The fourth-order valence-electron chi connectivity index (χ4n) is 1.37. The van der Waals surface area contributed by atoms with E-state index in [0.717, 1.165) is 11.8 Å². The van der Waals surface area contributed by atoms with E-state index in [1.54, 1.807) is 20.1 Å². The summed E-state index contributed by atoms with van der Waals surface area (Å²) in [7, 11) is 0. The van der Waals surface area contributed by atoms with Gasteiger partial charge in [0.05, 0.1) is 23.7 Å². The van der Waals surface area contributed by atoms with Gasteiger partial charge in [-0.25, -0.2) is 9.18 Å². The van der Waals surface area contributed by atoms with E-state index < -0.39 is 11.8 Å². The van der Waals surface area contributed by atoms with E-state index in [1.807, 2.05) is 0 Å². The van der Waals surface area contributed by atoms with Crippen molar-refractivity contribution in [2.45, 2.75) is 18.7 Å². The van der Waals surface area contributed by atoms with E-state index in [1.165, 1.54) is 12.1 Å². The zero-order valence-electron chi connectivity index (χ0n) is 10.1. The van der Waals surface area contributed by atoms with Crippen LogP contribution in [0.15, 0.2) is 17.0 Å². The summed E-state index contributed by atoms with van der Waals surface area (Å²) in [5, 5.41) is 0. The number of hydrogen-bond donors (Lipinski definition) is 0. The van der Waals surface area contributed by atoms with Gasteiger partial charge in [-0.3, -0.25) is 0 Å². The minimum absolute atomic E-state index is 0.157. The van der Waals surface area contributed by atoms with E-state index in [4.69, 9.17) is 9.47 Å². The molecule has 0 atom stereocenters. The van der Waals surface area contributed by atoms with E-state index in [-0.39, 0.29) is 22.8 Å². The molecule has 0 bridgehead atoms. The summed E-state index contributed by atoms with van der Waals surface area (Å²) in [6.45, 7) is 4.13. The van der Waals surface area contributed by atoms with Crippen LogP contribution in [0.4, 0.5) is 4.39 Å². The van der Waals surface area contributed by atoms with Gasteiger partial charge in [0.2, 0.25) is 0 Å². The Kier molecular flexibility index (Phi) is 5.28. The Labute approximate surface area is 104 Å².